The van der Waals surface area contributed by atoms with E-state index >= 15 is 0 Å². The summed E-state index contributed by atoms with van der Waals surface area (Å²) in [5, 5.41) is 8.51. The minimum atomic E-state index is -0.664. The van der Waals surface area contributed by atoms with Gasteiger partial charge >= 0.3 is 5.97 Å². The number of carboxylic acids is 1. The van der Waals surface area contributed by atoms with Crippen LogP contribution in [0.15, 0.2) is 12.2 Å². The maximum absolute atomic E-state index is 10.3. The zero-order valence-electron chi connectivity index (χ0n) is 36.2. The highest BCUT2D eigenvalue weighted by atomic mass is 16.4. The maximum atomic E-state index is 10.3. The lowest BCUT2D eigenvalue weighted by Crippen LogP contribution is -2.01. The first-order valence-corrected chi connectivity index (χ1v) is 22.8. The van der Waals surface area contributed by atoms with Crippen LogP contribution in [0.3, 0.4) is 0 Å². The quantitative estimate of drug-likeness (QED) is 0.0521. The Balaban J connectivity index is 0. The first kappa shape index (κ1) is 51.3. The van der Waals surface area contributed by atoms with Crippen molar-refractivity contribution in [2.75, 3.05) is 0 Å². The highest BCUT2D eigenvalue weighted by molar-refractivity contribution is 5.66. The third-order valence-corrected chi connectivity index (χ3v) is 11.0. The number of unbranched alkanes of at least 4 members (excludes halogenated alkanes) is 12. The van der Waals surface area contributed by atoms with E-state index in [4.69, 9.17) is 5.11 Å². The maximum Gasteiger partial charge on any atom is 0.303 e. The zero-order valence-corrected chi connectivity index (χ0v) is 36.2. The number of hydrogen-bond acceptors (Lipinski definition) is 1. The minimum Gasteiger partial charge on any atom is -0.481 e. The third-order valence-electron chi connectivity index (χ3n) is 11.0. The van der Waals surface area contributed by atoms with Crippen LogP contribution in [-0.2, 0) is 4.79 Å². The number of hydrogen-bond donors (Lipinski definition) is 1. The van der Waals surface area contributed by atoms with Gasteiger partial charge in [-0.1, -0.05) is 229 Å². The molecule has 2 nitrogen and oxygen atoms in total. The topological polar surface area (TPSA) is 37.3 Å². The summed E-state index contributed by atoms with van der Waals surface area (Å²) in [6.45, 7) is 21.6. The van der Waals surface area contributed by atoms with Crippen LogP contribution in [0.4, 0.5) is 0 Å². The molecule has 0 spiro atoms. The van der Waals surface area contributed by atoms with Gasteiger partial charge in [0, 0.05) is 6.42 Å². The summed E-state index contributed by atoms with van der Waals surface area (Å²) in [6, 6.07) is 0. The molecule has 4 unspecified atom stereocenters. The molecule has 0 bridgehead atoms. The molecule has 0 amide bonds. The van der Waals surface area contributed by atoms with Gasteiger partial charge in [-0.05, 0) is 67.6 Å². The molecule has 0 fully saturated rings. The van der Waals surface area contributed by atoms with Crippen LogP contribution in [0, 0.1) is 35.5 Å². The van der Waals surface area contributed by atoms with Gasteiger partial charge in [0.15, 0.2) is 0 Å². The molecule has 0 radical (unpaired) electrons. The van der Waals surface area contributed by atoms with Crippen LogP contribution < -0.4 is 0 Å². The first-order valence-electron chi connectivity index (χ1n) is 22.8. The van der Waals surface area contributed by atoms with E-state index in [2.05, 4.69) is 74.5 Å². The molecule has 0 rings (SSSR count). The van der Waals surface area contributed by atoms with E-state index in [0.717, 1.165) is 48.3 Å². The SMILES string of the molecule is CC(C)CCCC(C)CCCC(C)CCCCC(C)CCCC(C)CCCC(C)C.CCCCCCCCC=CCCCCCCCC(=O)O. The highest BCUT2D eigenvalue weighted by Gasteiger charge is 2.09. The van der Waals surface area contributed by atoms with Crippen molar-refractivity contribution in [2.45, 2.75) is 255 Å². The second-order valence-corrected chi connectivity index (χ2v) is 17.9. The summed E-state index contributed by atoms with van der Waals surface area (Å²) in [4.78, 5) is 10.3. The van der Waals surface area contributed by atoms with Crippen LogP contribution in [0.25, 0.3) is 0 Å². The van der Waals surface area contributed by atoms with Gasteiger partial charge in [-0.25, -0.2) is 0 Å². The Morgan fingerprint density at radius 1 is 0.400 bits per heavy atom. The number of carboxylic acid groups (broad SMARTS) is 1. The van der Waals surface area contributed by atoms with Gasteiger partial charge in [-0.3, -0.25) is 4.79 Å². The van der Waals surface area contributed by atoms with Gasteiger partial charge in [-0.15, -0.1) is 0 Å². The monoisotopic (exact) mass is 705 g/mol. The molecule has 4 atom stereocenters. The lowest BCUT2D eigenvalue weighted by atomic mass is 9.90. The zero-order chi connectivity index (χ0) is 37.7. The van der Waals surface area contributed by atoms with Crippen molar-refractivity contribution in [3.63, 3.8) is 0 Å². The van der Waals surface area contributed by atoms with Gasteiger partial charge in [0.25, 0.3) is 0 Å². The molecular weight excluding hydrogens is 609 g/mol. The summed E-state index contributed by atoms with van der Waals surface area (Å²) in [7, 11) is 0. The van der Waals surface area contributed by atoms with Crippen molar-refractivity contribution in [2.24, 2.45) is 35.5 Å². The van der Waals surface area contributed by atoms with Gasteiger partial charge in [0.05, 0.1) is 0 Å². The average Bonchev–Trinajstić information content (AvgIpc) is 3.04. The van der Waals surface area contributed by atoms with E-state index in [9.17, 15) is 4.79 Å². The summed E-state index contributed by atoms with van der Waals surface area (Å²) in [5.74, 6) is 4.85. The van der Waals surface area contributed by atoms with Gasteiger partial charge < -0.3 is 5.11 Å². The molecule has 0 saturated carbocycles. The van der Waals surface area contributed by atoms with E-state index in [1.165, 1.54) is 173 Å². The molecule has 50 heavy (non-hydrogen) atoms. The smallest absolute Gasteiger partial charge is 0.303 e. The number of aliphatic carboxylic acids is 1. The largest absolute Gasteiger partial charge is 0.481 e. The fourth-order valence-corrected chi connectivity index (χ4v) is 7.29. The Hall–Kier alpha value is -0.790. The van der Waals surface area contributed by atoms with E-state index in [-0.39, 0.29) is 0 Å². The van der Waals surface area contributed by atoms with E-state index in [1.807, 2.05) is 0 Å². The molecule has 0 heterocycles. The van der Waals surface area contributed by atoms with Crippen molar-refractivity contribution < 1.29 is 9.90 Å². The summed E-state index contributed by atoms with van der Waals surface area (Å²) >= 11 is 0. The normalized spacial score (nSPS) is 14.2. The van der Waals surface area contributed by atoms with Crippen molar-refractivity contribution in [1.29, 1.82) is 0 Å². The lowest BCUT2D eigenvalue weighted by Gasteiger charge is -2.16. The molecule has 0 aliphatic heterocycles. The number of allylic oxidation sites excluding steroid dienone is 2. The average molecular weight is 705 g/mol. The molecule has 0 aromatic carbocycles. The second-order valence-electron chi connectivity index (χ2n) is 17.9. The fraction of sp³-hybridized carbons (Fsp3) is 0.938. The van der Waals surface area contributed by atoms with Crippen molar-refractivity contribution >= 4 is 5.97 Å². The molecule has 1 N–H and O–H groups in total. The van der Waals surface area contributed by atoms with Crippen LogP contribution >= 0.6 is 0 Å². The van der Waals surface area contributed by atoms with Crippen LogP contribution in [0.2, 0.25) is 0 Å². The molecule has 300 valence electrons. The third kappa shape index (κ3) is 45.2. The molecule has 2 heteroatoms. The van der Waals surface area contributed by atoms with E-state index in [0.29, 0.717) is 6.42 Å². The minimum absolute atomic E-state index is 0.332. The van der Waals surface area contributed by atoms with Gasteiger partial charge in [0.2, 0.25) is 0 Å². The number of rotatable bonds is 36. The van der Waals surface area contributed by atoms with Crippen LogP contribution in [0.1, 0.15) is 255 Å². The first-order chi connectivity index (χ1) is 24.0. The fourth-order valence-electron chi connectivity index (χ4n) is 7.29. The van der Waals surface area contributed by atoms with E-state index < -0.39 is 5.97 Å². The number of carbonyl (C=O) groups is 1. The Kier molecular flexibility index (Phi) is 40.5. The van der Waals surface area contributed by atoms with Gasteiger partial charge in [-0.2, -0.15) is 0 Å². The molecule has 0 aliphatic carbocycles. The van der Waals surface area contributed by atoms with Crippen LogP contribution in [0.5, 0.6) is 0 Å². The van der Waals surface area contributed by atoms with Gasteiger partial charge in [0.1, 0.15) is 0 Å². The standard InChI is InChI=1S/C30H62.C18H34O2/c1-25(2)15-11-19-29(7)23-13-21-27(5)17-9-10-18-28(6)22-14-24-30(8)20-12-16-26(3)4;1-2-3-4-5-6-7-8-9-10-11-12-13-14-15-16-17-18(19)20/h25-30H,9-24H2,1-8H3;9-10H,2-8,11-17H2,1H3,(H,19,20). The Bertz CT molecular complexity index is 660. The lowest BCUT2D eigenvalue weighted by molar-refractivity contribution is -0.137. The van der Waals surface area contributed by atoms with E-state index in [1.54, 1.807) is 0 Å². The molecular formula is C48H96O2. The molecule has 0 saturated heterocycles. The highest BCUT2D eigenvalue weighted by Crippen LogP contribution is 2.24. The predicted molar refractivity (Wildman–Crippen MR) is 227 cm³/mol. The summed E-state index contributed by atoms with van der Waals surface area (Å²) in [5.41, 5.74) is 0. The molecule has 0 aromatic rings. The summed E-state index contributed by atoms with van der Waals surface area (Å²) in [6.07, 6.45) is 44.4. The Morgan fingerprint density at radius 2 is 0.700 bits per heavy atom. The second kappa shape index (κ2) is 39.4. The predicted octanol–water partition coefficient (Wildman–Crippen LogP) is 17.2. The Morgan fingerprint density at radius 3 is 1.04 bits per heavy atom. The Labute approximate surface area is 317 Å². The summed E-state index contributed by atoms with van der Waals surface area (Å²) < 4.78 is 0. The molecule has 0 aliphatic rings. The van der Waals surface area contributed by atoms with Crippen molar-refractivity contribution in [3.8, 4) is 0 Å². The van der Waals surface area contributed by atoms with Crippen LogP contribution in [-0.4, -0.2) is 11.1 Å². The van der Waals surface area contributed by atoms with Crippen molar-refractivity contribution in [1.82, 2.24) is 0 Å². The van der Waals surface area contributed by atoms with Crippen molar-refractivity contribution in [3.05, 3.63) is 12.2 Å². The molecule has 0 aromatic heterocycles.